The van der Waals surface area contributed by atoms with E-state index >= 15 is 0 Å². The molecule has 0 aliphatic heterocycles. The van der Waals surface area contributed by atoms with Crippen LogP contribution in [0.4, 0.5) is 13.2 Å². The fourth-order valence-electron chi connectivity index (χ4n) is 1.11. The maximum absolute atomic E-state index is 11.9. The third kappa shape index (κ3) is 3.93. The Balaban J connectivity index is 2.62. The minimum absolute atomic E-state index is 0.0729. The molecule has 0 unspecified atom stereocenters. The number of alkyl halides is 3. The highest BCUT2D eigenvalue weighted by atomic mass is 19.4. The van der Waals surface area contributed by atoms with Crippen LogP contribution in [-0.2, 0) is 12.0 Å². The van der Waals surface area contributed by atoms with E-state index in [9.17, 15) is 13.2 Å². The van der Waals surface area contributed by atoms with Gasteiger partial charge in [-0.3, -0.25) is 4.68 Å². The van der Waals surface area contributed by atoms with Crippen LogP contribution in [0.15, 0.2) is 12.4 Å². The lowest BCUT2D eigenvalue weighted by molar-refractivity contribution is -0.137. The summed E-state index contributed by atoms with van der Waals surface area (Å²) in [5.74, 6) is 0. The molecule has 0 N–H and O–H groups in total. The molecule has 0 radical (unpaired) electrons. The summed E-state index contributed by atoms with van der Waals surface area (Å²) in [6.45, 7) is 5.88. The van der Waals surface area contributed by atoms with Crippen molar-refractivity contribution in [3.05, 3.63) is 18.0 Å². The standard InChI is InChI=1S/C10H15F3N2/c1-9(2,3)8-6-14-15(7-8)5-4-10(11,12)13/h6-7H,4-5H2,1-3H3. The lowest BCUT2D eigenvalue weighted by Gasteiger charge is -2.15. The Labute approximate surface area is 87.1 Å². The van der Waals surface area contributed by atoms with Crippen molar-refractivity contribution in [3.8, 4) is 0 Å². The molecule has 0 aliphatic carbocycles. The van der Waals surface area contributed by atoms with Crippen LogP contribution in [0.3, 0.4) is 0 Å². The summed E-state index contributed by atoms with van der Waals surface area (Å²) in [4.78, 5) is 0. The van der Waals surface area contributed by atoms with Gasteiger partial charge >= 0.3 is 6.18 Å². The van der Waals surface area contributed by atoms with Crippen LogP contribution in [0.25, 0.3) is 0 Å². The summed E-state index contributed by atoms with van der Waals surface area (Å²) in [7, 11) is 0. The molecule has 15 heavy (non-hydrogen) atoms. The molecule has 0 bridgehead atoms. The van der Waals surface area contributed by atoms with Crippen LogP contribution >= 0.6 is 0 Å². The van der Waals surface area contributed by atoms with Gasteiger partial charge in [-0.15, -0.1) is 0 Å². The van der Waals surface area contributed by atoms with E-state index in [0.717, 1.165) is 5.56 Å². The number of rotatable bonds is 2. The number of nitrogens with zero attached hydrogens (tertiary/aromatic N) is 2. The third-order valence-electron chi connectivity index (χ3n) is 2.12. The van der Waals surface area contributed by atoms with Gasteiger partial charge in [0, 0.05) is 12.7 Å². The molecule has 0 atom stereocenters. The molecule has 1 aromatic rings. The summed E-state index contributed by atoms with van der Waals surface area (Å²) in [6, 6.07) is 0. The molecule has 0 saturated heterocycles. The Morgan fingerprint density at radius 1 is 1.27 bits per heavy atom. The topological polar surface area (TPSA) is 17.8 Å². The summed E-state index contributed by atoms with van der Waals surface area (Å²) < 4.78 is 37.2. The fourth-order valence-corrected chi connectivity index (χ4v) is 1.11. The lowest BCUT2D eigenvalue weighted by atomic mass is 9.90. The number of aromatic nitrogens is 2. The lowest BCUT2D eigenvalue weighted by Crippen LogP contribution is -2.13. The number of halogens is 3. The van der Waals surface area contributed by atoms with Crippen molar-refractivity contribution >= 4 is 0 Å². The summed E-state index contributed by atoms with van der Waals surface area (Å²) >= 11 is 0. The summed E-state index contributed by atoms with van der Waals surface area (Å²) in [6.07, 6.45) is -1.66. The molecular formula is C10H15F3N2. The predicted octanol–water partition coefficient (Wildman–Crippen LogP) is 3.13. The molecule has 0 saturated carbocycles. The van der Waals surface area contributed by atoms with E-state index in [1.807, 2.05) is 20.8 Å². The second-order valence-electron chi connectivity index (χ2n) is 4.61. The molecular weight excluding hydrogens is 205 g/mol. The molecule has 5 heteroatoms. The predicted molar refractivity (Wildman–Crippen MR) is 51.6 cm³/mol. The van der Waals surface area contributed by atoms with Gasteiger partial charge in [-0.1, -0.05) is 20.8 Å². The Hall–Kier alpha value is -1.00. The molecule has 0 fully saturated rings. The van der Waals surface area contributed by atoms with Gasteiger partial charge in [-0.25, -0.2) is 0 Å². The van der Waals surface area contributed by atoms with Crippen molar-refractivity contribution in [1.82, 2.24) is 9.78 Å². The molecule has 0 spiro atoms. The molecule has 0 amide bonds. The normalized spacial score (nSPS) is 13.2. The van der Waals surface area contributed by atoms with Crippen molar-refractivity contribution in [3.63, 3.8) is 0 Å². The maximum atomic E-state index is 11.9. The number of hydrogen-bond acceptors (Lipinski definition) is 1. The van der Waals surface area contributed by atoms with Crippen LogP contribution in [0.1, 0.15) is 32.8 Å². The van der Waals surface area contributed by atoms with E-state index in [1.165, 1.54) is 4.68 Å². The van der Waals surface area contributed by atoms with E-state index in [-0.39, 0.29) is 12.0 Å². The summed E-state index contributed by atoms with van der Waals surface area (Å²) in [5.41, 5.74) is 0.876. The second kappa shape index (κ2) is 3.87. The quantitative estimate of drug-likeness (QED) is 0.748. The van der Waals surface area contributed by atoms with Gasteiger partial charge in [0.2, 0.25) is 0 Å². The van der Waals surface area contributed by atoms with E-state index < -0.39 is 12.6 Å². The molecule has 2 nitrogen and oxygen atoms in total. The largest absolute Gasteiger partial charge is 0.390 e. The first-order chi connectivity index (χ1) is 6.68. The van der Waals surface area contributed by atoms with Crippen LogP contribution in [-0.4, -0.2) is 16.0 Å². The maximum Gasteiger partial charge on any atom is 0.390 e. The minimum Gasteiger partial charge on any atom is -0.272 e. The zero-order valence-corrected chi connectivity index (χ0v) is 9.10. The Kier molecular flexibility index (Phi) is 3.11. The Morgan fingerprint density at radius 2 is 1.87 bits per heavy atom. The van der Waals surface area contributed by atoms with E-state index in [4.69, 9.17) is 0 Å². The van der Waals surface area contributed by atoms with Gasteiger partial charge in [0.1, 0.15) is 0 Å². The van der Waals surface area contributed by atoms with E-state index in [0.29, 0.717) is 0 Å². The molecule has 1 heterocycles. The van der Waals surface area contributed by atoms with Gasteiger partial charge in [-0.2, -0.15) is 18.3 Å². The van der Waals surface area contributed by atoms with Gasteiger partial charge in [-0.05, 0) is 11.0 Å². The van der Waals surface area contributed by atoms with Crippen LogP contribution in [0.2, 0.25) is 0 Å². The van der Waals surface area contributed by atoms with Gasteiger partial charge in [0.05, 0.1) is 12.6 Å². The fraction of sp³-hybridized carbons (Fsp3) is 0.700. The molecule has 1 rings (SSSR count). The van der Waals surface area contributed by atoms with E-state index in [1.54, 1.807) is 12.4 Å². The van der Waals surface area contributed by atoms with Crippen molar-refractivity contribution in [2.45, 2.75) is 45.3 Å². The highest BCUT2D eigenvalue weighted by Crippen LogP contribution is 2.23. The van der Waals surface area contributed by atoms with Crippen molar-refractivity contribution in [1.29, 1.82) is 0 Å². The molecule has 86 valence electrons. The van der Waals surface area contributed by atoms with Crippen molar-refractivity contribution < 1.29 is 13.2 Å². The van der Waals surface area contributed by atoms with Crippen molar-refractivity contribution in [2.24, 2.45) is 0 Å². The highest BCUT2D eigenvalue weighted by molar-refractivity contribution is 5.14. The van der Waals surface area contributed by atoms with Gasteiger partial charge in [0.25, 0.3) is 0 Å². The molecule has 0 aliphatic rings. The monoisotopic (exact) mass is 220 g/mol. The van der Waals surface area contributed by atoms with Crippen LogP contribution in [0, 0.1) is 0 Å². The van der Waals surface area contributed by atoms with Crippen LogP contribution in [0.5, 0.6) is 0 Å². The van der Waals surface area contributed by atoms with Gasteiger partial charge < -0.3 is 0 Å². The van der Waals surface area contributed by atoms with Gasteiger partial charge in [0.15, 0.2) is 0 Å². The molecule has 1 aromatic heterocycles. The third-order valence-corrected chi connectivity index (χ3v) is 2.12. The zero-order chi connectivity index (χ0) is 11.7. The first-order valence-corrected chi connectivity index (χ1v) is 4.78. The Bertz CT molecular complexity index is 320. The number of hydrogen-bond donors (Lipinski definition) is 0. The minimum atomic E-state index is -4.12. The zero-order valence-electron chi connectivity index (χ0n) is 9.10. The average molecular weight is 220 g/mol. The SMILES string of the molecule is CC(C)(C)c1cnn(CCC(F)(F)F)c1. The van der Waals surface area contributed by atoms with E-state index in [2.05, 4.69) is 5.10 Å². The van der Waals surface area contributed by atoms with Crippen LogP contribution < -0.4 is 0 Å². The van der Waals surface area contributed by atoms with Crippen molar-refractivity contribution in [2.75, 3.05) is 0 Å². The first-order valence-electron chi connectivity index (χ1n) is 4.78. The average Bonchev–Trinajstić information content (AvgIpc) is 2.45. The second-order valence-corrected chi connectivity index (χ2v) is 4.61. The highest BCUT2D eigenvalue weighted by Gasteiger charge is 2.27. The smallest absolute Gasteiger partial charge is 0.272 e. The Morgan fingerprint density at radius 3 is 2.27 bits per heavy atom. The number of aryl methyl sites for hydroxylation is 1. The first kappa shape index (κ1) is 12.1. The molecule has 0 aromatic carbocycles. The summed E-state index contributed by atoms with van der Waals surface area (Å²) in [5, 5.41) is 3.90.